The van der Waals surface area contributed by atoms with E-state index < -0.39 is 20.2 Å². The number of rotatable bonds is 2. The van der Waals surface area contributed by atoms with Crippen LogP contribution in [-0.2, 0) is 20.2 Å². The van der Waals surface area contributed by atoms with Crippen LogP contribution >= 0.6 is 0 Å². The van der Waals surface area contributed by atoms with E-state index in [-0.39, 0.29) is 0 Å². The predicted molar refractivity (Wildman–Crippen MR) is 69.9 cm³/mol. The number of likely N-dealkylation sites (tertiary alicyclic amines) is 1. The topological polar surface area (TPSA) is 124 Å². The van der Waals surface area contributed by atoms with E-state index >= 15 is 0 Å². The molecule has 0 aliphatic carbocycles. The Labute approximate surface area is 109 Å². The average Bonchev–Trinajstić information content (AvgIpc) is 1.95. The Bertz CT molecular complexity index is 351. The first-order valence-corrected chi connectivity index (χ1v) is 8.79. The van der Waals surface area contributed by atoms with Crippen LogP contribution < -0.4 is 5.32 Å². The van der Waals surface area contributed by atoms with Crippen molar-refractivity contribution in [2.24, 2.45) is 0 Å². The highest BCUT2D eigenvalue weighted by atomic mass is 32.2. The van der Waals surface area contributed by atoms with Gasteiger partial charge in [0.1, 0.15) is 0 Å². The molecule has 0 radical (unpaired) electrons. The molecule has 112 valence electrons. The van der Waals surface area contributed by atoms with Crippen LogP contribution in [0.3, 0.4) is 0 Å². The molecule has 0 aromatic carbocycles. The molecule has 0 aromatic heterocycles. The molecule has 0 atom stereocenters. The molecule has 0 bridgehead atoms. The first-order chi connectivity index (χ1) is 7.83. The van der Waals surface area contributed by atoms with Crippen LogP contribution in [0.25, 0.3) is 0 Å². The zero-order chi connectivity index (χ0) is 15.0. The van der Waals surface area contributed by atoms with Gasteiger partial charge in [0.15, 0.2) is 0 Å². The number of hydrogen-bond donors (Lipinski definition) is 3. The molecule has 0 spiro atoms. The first kappa shape index (κ1) is 20.1. The molecule has 0 saturated carbocycles. The summed E-state index contributed by atoms with van der Waals surface area (Å²) in [5.74, 6) is 0. The van der Waals surface area contributed by atoms with E-state index in [1.54, 1.807) is 0 Å². The Morgan fingerprint density at radius 3 is 1.56 bits per heavy atom. The molecule has 1 saturated heterocycles. The lowest BCUT2D eigenvalue weighted by Crippen LogP contribution is -2.55. The molecule has 8 nitrogen and oxygen atoms in total. The van der Waals surface area contributed by atoms with Gasteiger partial charge in [0.2, 0.25) is 0 Å². The highest BCUT2D eigenvalue weighted by Crippen LogP contribution is 2.01. The molecule has 0 amide bonds. The van der Waals surface area contributed by atoms with Crippen LogP contribution in [0.1, 0.15) is 6.92 Å². The van der Waals surface area contributed by atoms with Gasteiger partial charge in [0, 0.05) is 19.1 Å². The monoisotopic (exact) mass is 306 g/mol. The fourth-order valence-electron chi connectivity index (χ4n) is 1.12. The molecule has 10 heteroatoms. The second-order valence-corrected chi connectivity index (χ2v) is 6.87. The maximum absolute atomic E-state index is 9.19. The van der Waals surface area contributed by atoms with Gasteiger partial charge in [-0.05, 0) is 13.6 Å². The minimum atomic E-state index is -3.67. The molecule has 1 fully saturated rings. The van der Waals surface area contributed by atoms with E-state index in [4.69, 9.17) is 9.11 Å². The first-order valence-electron chi connectivity index (χ1n) is 5.09. The molecule has 3 N–H and O–H groups in total. The molecule has 1 rings (SSSR count). The molecule has 1 aliphatic rings. The van der Waals surface area contributed by atoms with Crippen molar-refractivity contribution in [3.05, 3.63) is 0 Å². The minimum Gasteiger partial charge on any atom is -0.312 e. The predicted octanol–water partition coefficient (Wildman–Crippen LogP) is -1.08. The summed E-state index contributed by atoms with van der Waals surface area (Å²) >= 11 is 0. The maximum atomic E-state index is 9.19. The molecule has 0 unspecified atom stereocenters. The fourth-order valence-corrected chi connectivity index (χ4v) is 1.12. The lowest BCUT2D eigenvalue weighted by molar-refractivity contribution is 0.164. The Hall–Kier alpha value is -0.260. The van der Waals surface area contributed by atoms with Crippen molar-refractivity contribution in [1.82, 2.24) is 10.2 Å². The van der Waals surface area contributed by atoms with Gasteiger partial charge in [-0.25, -0.2) is 0 Å². The number of likely N-dealkylation sites (N-methyl/N-ethyl adjacent to an activating group) is 2. The van der Waals surface area contributed by atoms with Gasteiger partial charge < -0.3 is 10.2 Å². The van der Waals surface area contributed by atoms with Gasteiger partial charge in [0.25, 0.3) is 20.2 Å². The summed E-state index contributed by atoms with van der Waals surface area (Å²) in [7, 11) is -5.19. The summed E-state index contributed by atoms with van der Waals surface area (Å²) in [6.45, 7) is 5.72. The van der Waals surface area contributed by atoms with Gasteiger partial charge in [0.05, 0.1) is 12.5 Å². The van der Waals surface area contributed by atoms with Crippen LogP contribution in [0.15, 0.2) is 0 Å². The lowest BCUT2D eigenvalue weighted by Gasteiger charge is -2.36. The number of hydrogen-bond acceptors (Lipinski definition) is 6. The van der Waals surface area contributed by atoms with E-state index in [1.165, 1.54) is 13.1 Å². The third-order valence-electron chi connectivity index (χ3n) is 1.56. The van der Waals surface area contributed by atoms with Crippen molar-refractivity contribution in [3.63, 3.8) is 0 Å². The summed E-state index contributed by atoms with van der Waals surface area (Å²) in [5.41, 5.74) is 0. The number of nitrogens with one attached hydrogen (secondary N) is 1. The Balaban J connectivity index is 0. The molecular formula is C8H22N2O6S2. The molecule has 0 aromatic rings. The summed E-state index contributed by atoms with van der Waals surface area (Å²) in [6, 6.07) is 0.782. The SMILES string of the molecule is CCNC1CN(C)C1.CS(=O)(=O)O.CS(=O)(=O)O. The van der Waals surface area contributed by atoms with E-state index in [2.05, 4.69) is 24.2 Å². The second kappa shape index (κ2) is 8.77. The van der Waals surface area contributed by atoms with Crippen molar-refractivity contribution in [2.45, 2.75) is 13.0 Å². The molecular weight excluding hydrogens is 284 g/mol. The highest BCUT2D eigenvalue weighted by Gasteiger charge is 2.20. The molecule has 1 aliphatic heterocycles. The molecule has 1 heterocycles. The Morgan fingerprint density at radius 2 is 1.39 bits per heavy atom. The smallest absolute Gasteiger partial charge is 0.261 e. The van der Waals surface area contributed by atoms with E-state index in [9.17, 15) is 16.8 Å². The van der Waals surface area contributed by atoms with E-state index in [1.807, 2.05) is 0 Å². The summed E-state index contributed by atoms with van der Waals surface area (Å²) in [5, 5.41) is 3.37. The number of nitrogens with zero attached hydrogens (tertiary/aromatic N) is 1. The second-order valence-electron chi connectivity index (χ2n) is 3.94. The van der Waals surface area contributed by atoms with Gasteiger partial charge in [-0.1, -0.05) is 6.92 Å². The van der Waals surface area contributed by atoms with Crippen LogP contribution in [-0.4, -0.2) is 76.1 Å². The highest BCUT2D eigenvalue weighted by molar-refractivity contribution is 7.85. The van der Waals surface area contributed by atoms with Gasteiger partial charge >= 0.3 is 0 Å². The summed E-state index contributed by atoms with van der Waals surface area (Å²) < 4.78 is 51.7. The normalized spacial score (nSPS) is 16.8. The average molecular weight is 306 g/mol. The summed E-state index contributed by atoms with van der Waals surface area (Å²) in [4.78, 5) is 2.31. The minimum absolute atomic E-state index is 0.715. The van der Waals surface area contributed by atoms with E-state index in [0.29, 0.717) is 12.5 Å². The Kier molecular flexibility index (Phi) is 9.78. The summed E-state index contributed by atoms with van der Waals surface area (Å²) in [6.07, 6.45) is 1.43. The quantitative estimate of drug-likeness (QED) is 0.550. The van der Waals surface area contributed by atoms with E-state index in [0.717, 1.165) is 12.6 Å². The van der Waals surface area contributed by atoms with Crippen LogP contribution in [0.5, 0.6) is 0 Å². The third kappa shape index (κ3) is 29.6. The Morgan fingerprint density at radius 1 is 1.11 bits per heavy atom. The third-order valence-corrected chi connectivity index (χ3v) is 1.56. The van der Waals surface area contributed by atoms with Crippen molar-refractivity contribution in [3.8, 4) is 0 Å². The van der Waals surface area contributed by atoms with Crippen LogP contribution in [0.2, 0.25) is 0 Å². The fraction of sp³-hybridized carbons (Fsp3) is 1.00. The lowest BCUT2D eigenvalue weighted by atomic mass is 10.1. The largest absolute Gasteiger partial charge is 0.312 e. The van der Waals surface area contributed by atoms with Crippen molar-refractivity contribution < 1.29 is 25.9 Å². The van der Waals surface area contributed by atoms with Gasteiger partial charge in [-0.15, -0.1) is 0 Å². The standard InChI is InChI=1S/C6H14N2.2CH4O3S/c1-3-7-6-4-8(2)5-6;2*1-5(2,3)4/h6-7H,3-5H2,1-2H3;2*1H3,(H,2,3,4). The molecule has 18 heavy (non-hydrogen) atoms. The zero-order valence-electron chi connectivity index (χ0n) is 11.0. The zero-order valence-corrected chi connectivity index (χ0v) is 12.6. The van der Waals surface area contributed by atoms with Crippen molar-refractivity contribution in [1.29, 1.82) is 0 Å². The van der Waals surface area contributed by atoms with Crippen molar-refractivity contribution >= 4 is 20.2 Å². The van der Waals surface area contributed by atoms with Crippen molar-refractivity contribution in [2.75, 3.05) is 39.2 Å². The van der Waals surface area contributed by atoms with Crippen LogP contribution in [0, 0.1) is 0 Å². The van der Waals surface area contributed by atoms with Gasteiger partial charge in [-0.3, -0.25) is 9.11 Å². The van der Waals surface area contributed by atoms with Gasteiger partial charge in [-0.2, -0.15) is 16.8 Å². The van der Waals surface area contributed by atoms with Crippen LogP contribution in [0.4, 0.5) is 0 Å². The maximum Gasteiger partial charge on any atom is 0.261 e.